The summed E-state index contributed by atoms with van der Waals surface area (Å²) in [6, 6.07) is 6.94. The van der Waals surface area contributed by atoms with Crippen molar-refractivity contribution in [3.63, 3.8) is 0 Å². The van der Waals surface area contributed by atoms with Crippen LogP contribution in [-0.2, 0) is 33.8 Å². The molecular formula is C25H25F4N3O5. The molecule has 0 atom stereocenters. The molecule has 1 aliphatic heterocycles. The van der Waals surface area contributed by atoms with E-state index in [0.717, 1.165) is 28.8 Å². The van der Waals surface area contributed by atoms with E-state index < -0.39 is 29.5 Å². The van der Waals surface area contributed by atoms with E-state index in [1.165, 1.54) is 19.9 Å². The summed E-state index contributed by atoms with van der Waals surface area (Å²) in [7, 11) is 0. The largest absolute Gasteiger partial charge is 0.573 e. The smallest absolute Gasteiger partial charge is 0.479 e. The molecule has 2 aromatic heterocycles. The molecule has 1 N–H and O–H groups in total. The van der Waals surface area contributed by atoms with Crippen molar-refractivity contribution >= 4 is 22.9 Å². The molecule has 0 spiro atoms. The van der Waals surface area contributed by atoms with Crippen molar-refractivity contribution in [1.82, 2.24) is 14.5 Å². The van der Waals surface area contributed by atoms with E-state index in [2.05, 4.69) is 9.72 Å². The lowest BCUT2D eigenvalue weighted by molar-refractivity contribution is -0.275. The highest BCUT2D eigenvalue weighted by atomic mass is 19.4. The second kappa shape index (κ2) is 10.0. The lowest BCUT2D eigenvalue weighted by atomic mass is 10.0. The van der Waals surface area contributed by atoms with Crippen molar-refractivity contribution in [3.05, 3.63) is 59.2 Å². The summed E-state index contributed by atoms with van der Waals surface area (Å²) in [5.74, 6) is -3.40. The van der Waals surface area contributed by atoms with Crippen molar-refractivity contribution in [3.8, 4) is 5.75 Å². The fraction of sp³-hybridized carbons (Fsp3) is 0.400. The van der Waals surface area contributed by atoms with Crippen LogP contribution in [0.2, 0.25) is 0 Å². The number of amides is 1. The Morgan fingerprint density at radius 1 is 1.19 bits per heavy atom. The van der Waals surface area contributed by atoms with Gasteiger partial charge in [-0.15, -0.1) is 13.2 Å². The highest BCUT2D eigenvalue weighted by molar-refractivity contribution is 5.84. The Kier molecular flexibility index (Phi) is 7.13. The second-order valence-electron chi connectivity index (χ2n) is 9.18. The minimum Gasteiger partial charge on any atom is -0.479 e. The van der Waals surface area contributed by atoms with Crippen molar-refractivity contribution < 1.29 is 41.7 Å². The van der Waals surface area contributed by atoms with Gasteiger partial charge in [0.15, 0.2) is 17.2 Å². The Labute approximate surface area is 209 Å². The lowest BCUT2D eigenvalue weighted by Gasteiger charge is -2.29. The van der Waals surface area contributed by atoms with Gasteiger partial charge < -0.3 is 24.0 Å². The highest BCUT2D eigenvalue weighted by Crippen LogP contribution is 2.32. The number of aromatic nitrogens is 2. The molecule has 0 unspecified atom stereocenters. The Hall–Kier alpha value is -3.67. The molecule has 37 heavy (non-hydrogen) atoms. The molecule has 198 valence electrons. The lowest BCUT2D eigenvalue weighted by Crippen LogP contribution is -2.39. The molecule has 1 aromatic carbocycles. The molecular weight excluding hydrogens is 498 g/mol. The van der Waals surface area contributed by atoms with Gasteiger partial charge in [-0.25, -0.2) is 14.2 Å². The highest BCUT2D eigenvalue weighted by Gasteiger charge is 2.33. The monoisotopic (exact) mass is 523 g/mol. The average Bonchev–Trinajstić information content (AvgIpc) is 3.13. The van der Waals surface area contributed by atoms with Crippen molar-refractivity contribution in [1.29, 1.82) is 0 Å². The van der Waals surface area contributed by atoms with Gasteiger partial charge in [-0.3, -0.25) is 4.79 Å². The molecule has 0 saturated carbocycles. The van der Waals surface area contributed by atoms with Gasteiger partial charge in [0.25, 0.3) is 0 Å². The number of ether oxygens (including phenoxy) is 2. The first-order valence-corrected chi connectivity index (χ1v) is 11.5. The third-order valence-electron chi connectivity index (χ3n) is 6.22. The van der Waals surface area contributed by atoms with Crippen LogP contribution in [0.25, 0.3) is 11.0 Å². The number of hydrogen-bond donors (Lipinski definition) is 1. The number of nitrogens with zero attached hydrogens (tertiary/aromatic N) is 3. The second-order valence-corrected chi connectivity index (χ2v) is 9.18. The van der Waals surface area contributed by atoms with Crippen molar-refractivity contribution in [2.75, 3.05) is 13.2 Å². The van der Waals surface area contributed by atoms with Crippen LogP contribution >= 0.6 is 0 Å². The van der Waals surface area contributed by atoms with E-state index in [0.29, 0.717) is 24.2 Å². The predicted molar refractivity (Wildman–Crippen MR) is 123 cm³/mol. The number of benzene rings is 1. The topological polar surface area (TPSA) is 93.9 Å². The van der Waals surface area contributed by atoms with Crippen LogP contribution in [0.3, 0.4) is 0 Å². The number of fused-ring (bicyclic) bond motifs is 3. The summed E-state index contributed by atoms with van der Waals surface area (Å²) >= 11 is 0. The Morgan fingerprint density at radius 3 is 2.62 bits per heavy atom. The molecule has 0 radical (unpaired) electrons. The third kappa shape index (κ3) is 5.85. The first-order valence-electron chi connectivity index (χ1n) is 11.5. The Bertz CT molecular complexity index is 1340. The summed E-state index contributed by atoms with van der Waals surface area (Å²) in [6.07, 6.45) is -2.86. The number of hydrogen-bond acceptors (Lipinski definition) is 5. The Morgan fingerprint density at radius 2 is 1.95 bits per heavy atom. The van der Waals surface area contributed by atoms with Gasteiger partial charge in [0, 0.05) is 30.4 Å². The normalized spacial score (nSPS) is 14.1. The van der Waals surface area contributed by atoms with Crippen molar-refractivity contribution in [2.24, 2.45) is 0 Å². The van der Waals surface area contributed by atoms with Gasteiger partial charge >= 0.3 is 12.3 Å². The van der Waals surface area contributed by atoms with Crippen LogP contribution < -0.4 is 4.74 Å². The standard InChI is InChI=1S/C25H25F4N3O5/c1-24(2,23(34)35)36-11-8-21(33)31-10-7-16-17-4-3-9-30-22(17)32(19(16)14-31)13-15-5-6-20(18(26)12-15)37-25(27,28)29/h3-6,9,12H,7-8,10-11,13-14H2,1-2H3,(H,34,35). The van der Waals surface area contributed by atoms with Gasteiger partial charge in [0.2, 0.25) is 5.91 Å². The van der Waals surface area contributed by atoms with E-state index in [1.807, 2.05) is 10.6 Å². The fourth-order valence-corrected chi connectivity index (χ4v) is 4.29. The number of carbonyl (C=O) groups is 2. The van der Waals surface area contributed by atoms with Crippen LogP contribution in [0.4, 0.5) is 17.6 Å². The summed E-state index contributed by atoms with van der Waals surface area (Å²) in [6.45, 7) is 3.55. The summed E-state index contributed by atoms with van der Waals surface area (Å²) in [5.41, 5.74) is 1.38. The molecule has 8 nitrogen and oxygen atoms in total. The molecule has 0 saturated heterocycles. The molecule has 1 aliphatic rings. The zero-order chi connectivity index (χ0) is 27.0. The maximum Gasteiger partial charge on any atom is 0.573 e. The number of halogens is 4. The Balaban J connectivity index is 1.56. The van der Waals surface area contributed by atoms with Gasteiger partial charge in [-0.05, 0) is 55.7 Å². The van der Waals surface area contributed by atoms with E-state index in [-0.39, 0.29) is 32.0 Å². The predicted octanol–water partition coefficient (Wildman–Crippen LogP) is 4.28. The van der Waals surface area contributed by atoms with Gasteiger partial charge in [-0.2, -0.15) is 0 Å². The quantitative estimate of drug-likeness (QED) is 0.443. The molecule has 0 fully saturated rings. The van der Waals surface area contributed by atoms with Crippen LogP contribution in [-0.4, -0.2) is 56.5 Å². The molecule has 1 amide bonds. The third-order valence-corrected chi connectivity index (χ3v) is 6.22. The van der Waals surface area contributed by atoms with E-state index >= 15 is 0 Å². The summed E-state index contributed by atoms with van der Waals surface area (Å²) < 4.78 is 62.7. The number of carbonyl (C=O) groups excluding carboxylic acids is 1. The van der Waals surface area contributed by atoms with Gasteiger partial charge in [-0.1, -0.05) is 6.07 Å². The number of carboxylic acids is 1. The minimum absolute atomic E-state index is 0.00357. The summed E-state index contributed by atoms with van der Waals surface area (Å²) in [4.78, 5) is 30.1. The van der Waals surface area contributed by atoms with Gasteiger partial charge in [0.05, 0.1) is 19.6 Å². The number of carboxylic acid groups (broad SMARTS) is 1. The first kappa shape index (κ1) is 26.4. The van der Waals surface area contributed by atoms with Crippen molar-refractivity contribution in [2.45, 2.75) is 51.7 Å². The zero-order valence-corrected chi connectivity index (χ0v) is 20.1. The first-order chi connectivity index (χ1) is 17.4. The molecule has 3 aromatic rings. The van der Waals surface area contributed by atoms with E-state index in [9.17, 15) is 27.2 Å². The number of pyridine rings is 1. The average molecular weight is 523 g/mol. The minimum atomic E-state index is -5.01. The van der Waals surface area contributed by atoms with Crippen LogP contribution in [0.15, 0.2) is 36.5 Å². The number of alkyl halides is 3. The zero-order valence-electron chi connectivity index (χ0n) is 20.1. The van der Waals surface area contributed by atoms with Gasteiger partial charge in [0.1, 0.15) is 5.65 Å². The molecule has 0 aliphatic carbocycles. The molecule has 3 heterocycles. The van der Waals surface area contributed by atoms with E-state index in [1.54, 1.807) is 17.2 Å². The molecule has 4 rings (SSSR count). The van der Waals surface area contributed by atoms with E-state index in [4.69, 9.17) is 9.84 Å². The summed E-state index contributed by atoms with van der Waals surface area (Å²) in [5, 5.41) is 10.0. The SMILES string of the molecule is CC(C)(OCCC(=O)N1CCc2c(n(Cc3ccc(OC(F)(F)F)c(F)c3)c3ncccc23)C1)C(=O)O. The van der Waals surface area contributed by atoms with Crippen LogP contribution in [0.5, 0.6) is 5.75 Å². The number of rotatable bonds is 8. The maximum absolute atomic E-state index is 14.3. The maximum atomic E-state index is 14.3. The molecule has 12 heteroatoms. The fourth-order valence-electron chi connectivity index (χ4n) is 4.29. The van der Waals surface area contributed by atoms with Crippen LogP contribution in [0.1, 0.15) is 37.1 Å². The van der Waals surface area contributed by atoms with Crippen LogP contribution in [0, 0.1) is 5.82 Å². The number of aliphatic carboxylic acids is 1. The molecule has 0 bridgehead atoms.